The maximum Gasteiger partial charge on any atom is 0.349 e. The quantitative estimate of drug-likeness (QED) is 0.279. The number of aromatic nitrogens is 3. The van der Waals surface area contributed by atoms with Gasteiger partial charge in [-0.25, -0.2) is 19.1 Å². The van der Waals surface area contributed by atoms with Crippen molar-refractivity contribution in [1.29, 1.82) is 0 Å². The Morgan fingerprint density at radius 2 is 1.82 bits per heavy atom. The van der Waals surface area contributed by atoms with Crippen molar-refractivity contribution in [1.82, 2.24) is 14.3 Å². The van der Waals surface area contributed by atoms with Gasteiger partial charge in [-0.05, 0) is 71.1 Å². The van der Waals surface area contributed by atoms with Gasteiger partial charge in [-0.1, -0.05) is 31.1 Å². The van der Waals surface area contributed by atoms with Crippen molar-refractivity contribution in [3.05, 3.63) is 68.5 Å². The molecule has 0 unspecified atom stereocenters. The second-order valence-corrected chi connectivity index (χ2v) is 10.0. The summed E-state index contributed by atoms with van der Waals surface area (Å²) in [6, 6.07) is 7.39. The number of carbonyl (C=O) groups is 2. The molecular weight excluding hydrogens is 502 g/mol. The molecule has 10 heteroatoms. The van der Waals surface area contributed by atoms with E-state index in [0.29, 0.717) is 24.3 Å². The number of hydrogen-bond acceptors (Lipinski definition) is 8. The molecule has 1 aromatic carbocycles. The summed E-state index contributed by atoms with van der Waals surface area (Å²) in [5.41, 5.74) is -0.631. The first-order valence-electron chi connectivity index (χ1n) is 13.7. The molecular formula is C29H39N3O7. The maximum absolute atomic E-state index is 13.3. The van der Waals surface area contributed by atoms with Crippen molar-refractivity contribution in [2.24, 2.45) is 0 Å². The lowest BCUT2D eigenvalue weighted by molar-refractivity contribution is -0.158. The molecule has 1 aliphatic carbocycles. The summed E-state index contributed by atoms with van der Waals surface area (Å²) in [6.07, 6.45) is 7.70. The number of ether oxygens (including phenoxy) is 3. The average molecular weight is 542 g/mol. The summed E-state index contributed by atoms with van der Waals surface area (Å²) < 4.78 is 18.4. The van der Waals surface area contributed by atoms with Crippen molar-refractivity contribution >= 4 is 11.9 Å². The topological polar surface area (TPSA) is 119 Å². The van der Waals surface area contributed by atoms with E-state index < -0.39 is 23.2 Å². The highest BCUT2D eigenvalue weighted by atomic mass is 16.6. The van der Waals surface area contributed by atoms with Crippen molar-refractivity contribution in [3.63, 3.8) is 0 Å². The molecule has 0 amide bonds. The Kier molecular flexibility index (Phi) is 10.7. The number of esters is 2. The number of aryl methyl sites for hydroxylation is 1. The summed E-state index contributed by atoms with van der Waals surface area (Å²) in [7, 11) is 0. The van der Waals surface area contributed by atoms with Gasteiger partial charge in [0.15, 0.2) is 5.60 Å². The van der Waals surface area contributed by atoms with Gasteiger partial charge in [0.1, 0.15) is 11.4 Å². The molecule has 2 aromatic rings. The minimum Gasteiger partial charge on any atom is -0.476 e. The van der Waals surface area contributed by atoms with Crippen LogP contribution in [0.25, 0.3) is 0 Å². The average Bonchev–Trinajstić information content (AvgIpc) is 3.42. The second-order valence-electron chi connectivity index (χ2n) is 10.0. The minimum absolute atomic E-state index is 0.0289. The van der Waals surface area contributed by atoms with Crippen LogP contribution in [0.5, 0.6) is 5.75 Å². The van der Waals surface area contributed by atoms with Crippen LogP contribution in [0.15, 0.2) is 46.0 Å². The van der Waals surface area contributed by atoms with Gasteiger partial charge in [0, 0.05) is 18.5 Å². The molecule has 1 aromatic heterocycles. The van der Waals surface area contributed by atoms with Crippen LogP contribution in [0.3, 0.4) is 0 Å². The van der Waals surface area contributed by atoms with Gasteiger partial charge in [-0.15, -0.1) is 0 Å². The Hall–Kier alpha value is -3.69. The number of hydrogen-bond donors (Lipinski definition) is 0. The fraction of sp³-hybridized carbons (Fsp3) is 0.552. The van der Waals surface area contributed by atoms with Crippen LogP contribution in [0.2, 0.25) is 0 Å². The van der Waals surface area contributed by atoms with Crippen LogP contribution in [0.4, 0.5) is 0 Å². The molecule has 212 valence electrons. The van der Waals surface area contributed by atoms with Crippen LogP contribution in [0, 0.1) is 0 Å². The van der Waals surface area contributed by atoms with Crippen molar-refractivity contribution in [2.75, 3.05) is 13.2 Å². The van der Waals surface area contributed by atoms with E-state index in [9.17, 15) is 19.2 Å². The summed E-state index contributed by atoms with van der Waals surface area (Å²) in [6.45, 7) is 7.59. The Bertz CT molecular complexity index is 1290. The van der Waals surface area contributed by atoms with E-state index >= 15 is 0 Å². The van der Waals surface area contributed by atoms with E-state index in [1.165, 1.54) is 21.4 Å². The molecule has 3 rings (SSSR count). The Morgan fingerprint density at radius 3 is 2.51 bits per heavy atom. The van der Waals surface area contributed by atoms with E-state index in [1.807, 2.05) is 18.2 Å². The first-order chi connectivity index (χ1) is 18.7. The highest BCUT2D eigenvalue weighted by Gasteiger charge is 2.31. The lowest BCUT2D eigenvalue weighted by atomic mass is 10.0. The van der Waals surface area contributed by atoms with Crippen LogP contribution in [-0.2, 0) is 38.6 Å². The van der Waals surface area contributed by atoms with Crippen LogP contribution in [-0.4, -0.2) is 45.1 Å². The molecule has 10 nitrogen and oxygen atoms in total. The third-order valence-electron chi connectivity index (χ3n) is 6.59. The summed E-state index contributed by atoms with van der Waals surface area (Å²) >= 11 is 0. The van der Waals surface area contributed by atoms with Crippen LogP contribution >= 0.6 is 0 Å². The van der Waals surface area contributed by atoms with Crippen molar-refractivity contribution in [3.8, 4) is 5.75 Å². The predicted molar refractivity (Wildman–Crippen MR) is 146 cm³/mol. The molecule has 0 bridgehead atoms. The molecule has 1 saturated carbocycles. The Balaban J connectivity index is 1.76. The summed E-state index contributed by atoms with van der Waals surface area (Å²) in [4.78, 5) is 50.3. The third kappa shape index (κ3) is 8.15. The van der Waals surface area contributed by atoms with Gasteiger partial charge in [0.05, 0.1) is 19.8 Å². The lowest BCUT2D eigenvalue weighted by Gasteiger charge is -2.24. The fourth-order valence-corrected chi connectivity index (χ4v) is 4.64. The molecule has 39 heavy (non-hydrogen) atoms. The lowest BCUT2D eigenvalue weighted by Crippen LogP contribution is -2.44. The van der Waals surface area contributed by atoms with E-state index in [4.69, 9.17) is 14.2 Å². The highest BCUT2D eigenvalue weighted by molar-refractivity contribution is 5.81. The molecule has 0 spiro atoms. The molecule has 0 radical (unpaired) electrons. The van der Waals surface area contributed by atoms with Gasteiger partial charge < -0.3 is 14.2 Å². The summed E-state index contributed by atoms with van der Waals surface area (Å²) in [5.74, 6) is -0.377. The number of rotatable bonds is 13. The molecule has 0 N–H and O–H groups in total. The molecule has 0 atom stereocenters. The number of nitrogens with zero attached hydrogens (tertiary/aromatic N) is 3. The first kappa shape index (κ1) is 29.9. The van der Waals surface area contributed by atoms with E-state index in [1.54, 1.807) is 33.8 Å². The van der Waals surface area contributed by atoms with Crippen LogP contribution < -0.4 is 16.0 Å². The van der Waals surface area contributed by atoms with Gasteiger partial charge in [0.25, 0.3) is 5.56 Å². The Morgan fingerprint density at radius 1 is 1.10 bits per heavy atom. The molecule has 1 aliphatic rings. The number of carbonyl (C=O) groups excluding carboxylic acids is 2. The Labute approximate surface area is 228 Å². The zero-order valence-electron chi connectivity index (χ0n) is 23.3. The van der Waals surface area contributed by atoms with Crippen LogP contribution in [0.1, 0.15) is 77.0 Å². The first-order valence-corrected chi connectivity index (χ1v) is 13.7. The zero-order valence-corrected chi connectivity index (χ0v) is 23.3. The third-order valence-corrected chi connectivity index (χ3v) is 6.59. The van der Waals surface area contributed by atoms with Gasteiger partial charge >= 0.3 is 17.6 Å². The van der Waals surface area contributed by atoms with Crippen molar-refractivity contribution < 1.29 is 23.8 Å². The normalized spacial score (nSPS) is 14.1. The van der Waals surface area contributed by atoms with E-state index in [-0.39, 0.29) is 37.8 Å². The second kappa shape index (κ2) is 13.9. The van der Waals surface area contributed by atoms with Crippen molar-refractivity contribution in [2.45, 2.75) is 90.8 Å². The maximum atomic E-state index is 13.3. The number of benzene rings is 1. The standard InChI is InChI=1S/C29H39N3O7/c1-5-37-24(33)17-11-19-32-28(36)31(26(34)25(30-32)22-14-7-8-15-22)18-10-13-21-12-9-16-23(20-21)39-29(3,4)27(35)38-6-2/h9,11-12,16-17,20,22H,5-8,10,13-15,18-19H2,1-4H3. The van der Waals surface area contributed by atoms with Gasteiger partial charge in [-0.3, -0.25) is 9.36 Å². The zero-order chi connectivity index (χ0) is 28.4. The molecule has 1 heterocycles. The molecule has 0 aliphatic heterocycles. The van der Waals surface area contributed by atoms with E-state index in [2.05, 4.69) is 5.10 Å². The largest absolute Gasteiger partial charge is 0.476 e. The molecule has 1 fully saturated rings. The number of allylic oxidation sites excluding steroid dienone is 1. The monoisotopic (exact) mass is 541 g/mol. The SMILES string of the molecule is CCOC(=O)C=CCn1nc(C2CCCC2)c(=O)n(CCCc2cccc(OC(C)(C)C(=O)OCC)c2)c1=O. The summed E-state index contributed by atoms with van der Waals surface area (Å²) in [5, 5.41) is 4.41. The minimum atomic E-state index is -1.14. The molecule has 0 saturated heterocycles. The predicted octanol–water partition coefficient (Wildman–Crippen LogP) is 3.54. The smallest absolute Gasteiger partial charge is 0.349 e. The highest BCUT2D eigenvalue weighted by Crippen LogP contribution is 2.31. The van der Waals surface area contributed by atoms with Gasteiger partial charge in [0.2, 0.25) is 0 Å². The van der Waals surface area contributed by atoms with E-state index in [0.717, 1.165) is 31.2 Å². The fourth-order valence-electron chi connectivity index (χ4n) is 4.64. The van der Waals surface area contributed by atoms with Gasteiger partial charge in [-0.2, -0.15) is 5.10 Å².